The molecule has 0 fully saturated rings. The highest BCUT2D eigenvalue weighted by Gasteiger charge is 2.24. The van der Waals surface area contributed by atoms with E-state index < -0.39 is 0 Å². The summed E-state index contributed by atoms with van der Waals surface area (Å²) in [5.41, 5.74) is 8.37. The second kappa shape index (κ2) is 9.39. The number of carbonyl (C=O) groups is 1. The van der Waals surface area contributed by atoms with E-state index in [1.807, 2.05) is 16.9 Å². The smallest absolute Gasteiger partial charge is 0.252 e. The number of allylic oxidation sites excluding steroid dienone is 2. The number of hydrogen-bond donors (Lipinski definition) is 1. The monoisotopic (exact) mass is 425 g/mol. The molecule has 1 unspecified atom stereocenters. The minimum Gasteiger partial charge on any atom is -0.345 e. The number of nitrogens with zero attached hydrogens (tertiary/aromatic N) is 2. The Morgan fingerprint density at radius 2 is 1.88 bits per heavy atom. The van der Waals surface area contributed by atoms with Gasteiger partial charge in [-0.2, -0.15) is 5.10 Å². The first kappa shape index (κ1) is 21.8. The summed E-state index contributed by atoms with van der Waals surface area (Å²) in [6.45, 7) is 8.41. The molecule has 1 amide bonds. The number of rotatable bonds is 6. The van der Waals surface area contributed by atoms with E-state index in [1.54, 1.807) is 0 Å². The molecule has 3 aromatic rings. The van der Waals surface area contributed by atoms with Gasteiger partial charge in [0.25, 0.3) is 5.91 Å². The van der Waals surface area contributed by atoms with Crippen molar-refractivity contribution in [3.8, 4) is 5.69 Å². The van der Waals surface area contributed by atoms with Crippen molar-refractivity contribution in [3.63, 3.8) is 0 Å². The van der Waals surface area contributed by atoms with Gasteiger partial charge in [0.2, 0.25) is 0 Å². The molecule has 4 nitrogen and oxygen atoms in total. The van der Waals surface area contributed by atoms with Crippen LogP contribution in [0.1, 0.15) is 67.1 Å². The molecule has 1 atom stereocenters. The summed E-state index contributed by atoms with van der Waals surface area (Å²) in [7, 11) is 0. The minimum atomic E-state index is -0.0474. The van der Waals surface area contributed by atoms with Crippen LogP contribution < -0.4 is 5.32 Å². The van der Waals surface area contributed by atoms with Crippen molar-refractivity contribution >= 4 is 17.6 Å². The molecule has 1 heterocycles. The molecule has 1 aromatic heterocycles. The molecule has 4 heteroatoms. The van der Waals surface area contributed by atoms with Gasteiger partial charge in [-0.1, -0.05) is 73.0 Å². The van der Waals surface area contributed by atoms with Gasteiger partial charge in [0, 0.05) is 11.1 Å². The number of carbonyl (C=O) groups excluding carboxylic acids is 1. The Bertz CT molecular complexity index is 1180. The fraction of sp³-hybridized carbons (Fsp3) is 0.286. The Kier molecular flexibility index (Phi) is 6.40. The molecule has 0 radical (unpaired) electrons. The lowest BCUT2D eigenvalue weighted by Crippen LogP contribution is -2.29. The van der Waals surface area contributed by atoms with Crippen LogP contribution in [0, 0.1) is 13.8 Å². The summed E-state index contributed by atoms with van der Waals surface area (Å²) in [6, 6.07) is 16.6. The molecule has 0 saturated heterocycles. The average molecular weight is 426 g/mol. The summed E-state index contributed by atoms with van der Waals surface area (Å²) in [4.78, 5) is 13.5. The third-order valence-electron chi connectivity index (χ3n) is 6.14. The molecular weight excluding hydrogens is 394 g/mol. The molecule has 0 saturated carbocycles. The molecule has 1 aliphatic carbocycles. The number of aryl methyl sites for hydroxylation is 2. The van der Waals surface area contributed by atoms with Crippen LogP contribution in [0.25, 0.3) is 17.3 Å². The van der Waals surface area contributed by atoms with Crippen molar-refractivity contribution in [2.75, 3.05) is 0 Å². The summed E-state index contributed by atoms with van der Waals surface area (Å²) < 4.78 is 1.94. The van der Waals surface area contributed by atoms with Crippen molar-refractivity contribution in [1.29, 1.82) is 0 Å². The normalized spacial score (nSPS) is 14.1. The van der Waals surface area contributed by atoms with Gasteiger partial charge in [0.1, 0.15) is 0 Å². The van der Waals surface area contributed by atoms with Crippen LogP contribution in [0.3, 0.4) is 0 Å². The fourth-order valence-electron chi connectivity index (χ4n) is 4.20. The maximum Gasteiger partial charge on any atom is 0.252 e. The van der Waals surface area contributed by atoms with Gasteiger partial charge in [-0.25, -0.2) is 4.68 Å². The maximum atomic E-state index is 13.5. The Hall–Kier alpha value is -3.40. The Labute approximate surface area is 190 Å². The zero-order valence-corrected chi connectivity index (χ0v) is 19.4. The molecule has 164 valence electrons. The molecule has 32 heavy (non-hydrogen) atoms. The fourth-order valence-corrected chi connectivity index (χ4v) is 4.20. The number of aromatic nitrogens is 2. The van der Waals surface area contributed by atoms with Gasteiger partial charge in [-0.15, -0.1) is 0 Å². The Balaban J connectivity index is 1.69. The lowest BCUT2D eigenvalue weighted by Gasteiger charge is -2.19. The summed E-state index contributed by atoms with van der Waals surface area (Å²) in [5, 5.41) is 7.93. The first-order valence-corrected chi connectivity index (χ1v) is 11.4. The topological polar surface area (TPSA) is 46.9 Å². The second-order valence-electron chi connectivity index (χ2n) is 8.52. The van der Waals surface area contributed by atoms with Gasteiger partial charge in [0.05, 0.1) is 23.6 Å². The first-order chi connectivity index (χ1) is 15.5. The van der Waals surface area contributed by atoms with E-state index in [1.165, 1.54) is 16.7 Å². The van der Waals surface area contributed by atoms with Gasteiger partial charge >= 0.3 is 0 Å². The number of benzene rings is 2. The second-order valence-corrected chi connectivity index (χ2v) is 8.52. The molecule has 1 N–H and O–H groups in total. The lowest BCUT2D eigenvalue weighted by atomic mass is 10.0. The van der Waals surface area contributed by atoms with E-state index in [9.17, 15) is 4.79 Å². The summed E-state index contributed by atoms with van der Waals surface area (Å²) in [6.07, 6.45) is 8.60. The Morgan fingerprint density at radius 1 is 1.09 bits per heavy atom. The number of fused-ring (bicyclic) bond motifs is 1. The van der Waals surface area contributed by atoms with E-state index in [4.69, 9.17) is 0 Å². The predicted molar refractivity (Wildman–Crippen MR) is 132 cm³/mol. The molecule has 1 aliphatic rings. The van der Waals surface area contributed by atoms with Gasteiger partial charge in [-0.3, -0.25) is 4.79 Å². The summed E-state index contributed by atoms with van der Waals surface area (Å²) >= 11 is 0. The van der Waals surface area contributed by atoms with Gasteiger partial charge in [-0.05, 0) is 56.9 Å². The maximum absolute atomic E-state index is 13.5. The van der Waals surface area contributed by atoms with Crippen LogP contribution in [0.5, 0.6) is 0 Å². The zero-order chi connectivity index (χ0) is 22.7. The van der Waals surface area contributed by atoms with E-state index in [-0.39, 0.29) is 11.9 Å². The average Bonchev–Trinajstić information content (AvgIpc) is 3.10. The van der Waals surface area contributed by atoms with Crippen molar-refractivity contribution in [1.82, 2.24) is 15.1 Å². The van der Waals surface area contributed by atoms with Crippen LogP contribution in [-0.2, 0) is 4.79 Å². The lowest BCUT2D eigenvalue weighted by molar-refractivity contribution is -0.116. The van der Waals surface area contributed by atoms with Crippen LogP contribution in [-0.4, -0.2) is 15.7 Å². The van der Waals surface area contributed by atoms with E-state index in [2.05, 4.69) is 92.7 Å². The first-order valence-electron chi connectivity index (χ1n) is 11.4. The van der Waals surface area contributed by atoms with Gasteiger partial charge < -0.3 is 5.32 Å². The molecular formula is C28H31N3O. The van der Waals surface area contributed by atoms with E-state index in [0.717, 1.165) is 41.8 Å². The number of nitrogens with one attached hydrogen (secondary N) is 1. The highest BCUT2D eigenvalue weighted by Crippen LogP contribution is 2.31. The van der Waals surface area contributed by atoms with Crippen molar-refractivity contribution in [3.05, 3.63) is 94.3 Å². The van der Waals surface area contributed by atoms with Crippen molar-refractivity contribution in [2.24, 2.45) is 0 Å². The Morgan fingerprint density at radius 3 is 2.56 bits per heavy atom. The van der Waals surface area contributed by atoms with Crippen LogP contribution in [0.2, 0.25) is 0 Å². The third-order valence-corrected chi connectivity index (χ3v) is 6.14. The predicted octanol–water partition coefficient (Wildman–Crippen LogP) is 6.34. The summed E-state index contributed by atoms with van der Waals surface area (Å²) in [5.74, 6) is -0.0474. The number of hydrogen-bond acceptors (Lipinski definition) is 2. The minimum absolute atomic E-state index is 0.0271. The van der Waals surface area contributed by atoms with Crippen molar-refractivity contribution < 1.29 is 4.79 Å². The standard InChI is InChI=1S/C28H31N3O/c1-5-21-12-15-24(28(32)30-26(6-2)22-9-7-8-20(4)16-22)25-18-29-31(27(25)17-21)23-13-10-19(3)11-14-23/h7-11,13-18,26H,5-6,12H2,1-4H3,(H,30,32). The zero-order valence-electron chi connectivity index (χ0n) is 19.4. The van der Waals surface area contributed by atoms with Crippen LogP contribution >= 0.6 is 0 Å². The van der Waals surface area contributed by atoms with Gasteiger partial charge in [0.15, 0.2) is 0 Å². The highest BCUT2D eigenvalue weighted by atomic mass is 16.1. The molecule has 0 bridgehead atoms. The highest BCUT2D eigenvalue weighted by molar-refractivity contribution is 6.20. The van der Waals surface area contributed by atoms with Crippen LogP contribution in [0.4, 0.5) is 0 Å². The molecule has 4 rings (SSSR count). The third kappa shape index (κ3) is 4.45. The molecule has 0 aliphatic heterocycles. The van der Waals surface area contributed by atoms with E-state index >= 15 is 0 Å². The largest absolute Gasteiger partial charge is 0.345 e. The quantitative estimate of drug-likeness (QED) is 0.501. The molecule has 0 spiro atoms. The molecule has 2 aromatic carbocycles. The van der Waals surface area contributed by atoms with Crippen LogP contribution in [0.15, 0.2) is 66.4 Å². The van der Waals surface area contributed by atoms with E-state index in [0.29, 0.717) is 5.57 Å². The SMILES string of the molecule is CCC1=Cc2c(cnn2-c2ccc(C)cc2)C(C(=O)NC(CC)c2cccc(C)c2)=CC1. The van der Waals surface area contributed by atoms with Crippen molar-refractivity contribution in [2.45, 2.75) is 53.0 Å². The number of amides is 1.